The minimum Gasteiger partial charge on any atom is -0.488 e. The number of nitrogens with one attached hydrogen (secondary N) is 2. The average molecular weight is 509 g/mol. The second-order valence-corrected chi connectivity index (χ2v) is 9.93. The molecule has 0 saturated carbocycles. The molecule has 2 N–H and O–H groups in total. The van der Waals surface area contributed by atoms with Gasteiger partial charge in [-0.05, 0) is 30.4 Å². The van der Waals surface area contributed by atoms with Gasteiger partial charge in [0.05, 0.1) is 12.3 Å². The van der Waals surface area contributed by atoms with E-state index >= 15 is 0 Å². The lowest BCUT2D eigenvalue weighted by Crippen LogP contribution is -2.42. The fourth-order valence-corrected chi connectivity index (χ4v) is 3.68. The first-order chi connectivity index (χ1) is 12.2. The Labute approximate surface area is 180 Å². The predicted molar refractivity (Wildman–Crippen MR) is 122 cm³/mol. The van der Waals surface area contributed by atoms with Gasteiger partial charge >= 0.3 is 0 Å². The van der Waals surface area contributed by atoms with E-state index in [1.165, 1.54) is 11.8 Å². The van der Waals surface area contributed by atoms with Crippen molar-refractivity contribution in [3.63, 3.8) is 0 Å². The average Bonchev–Trinajstić information content (AvgIpc) is 2.98. The molecule has 0 spiro atoms. The van der Waals surface area contributed by atoms with Crippen LogP contribution >= 0.6 is 24.0 Å². The number of benzene rings is 1. The Balaban J connectivity index is 0.00000364. The Bertz CT molecular complexity index is 710. The number of hydrogen-bond acceptors (Lipinski definition) is 4. The number of halogens is 1. The molecule has 0 aliphatic carbocycles. The molecule has 1 aliphatic heterocycles. The molecular weight excluding hydrogens is 477 g/mol. The molecule has 1 heterocycles. The minimum absolute atomic E-state index is 0. The molecule has 154 valence electrons. The van der Waals surface area contributed by atoms with Crippen molar-refractivity contribution >= 4 is 39.8 Å². The number of nitrogens with zero attached hydrogens (tertiary/aromatic N) is 1. The maximum atomic E-state index is 11.4. The summed E-state index contributed by atoms with van der Waals surface area (Å²) in [4.78, 5) is 4.64. The first-order valence-electron chi connectivity index (χ1n) is 9.13. The van der Waals surface area contributed by atoms with Crippen LogP contribution in [0.1, 0.15) is 32.8 Å². The van der Waals surface area contributed by atoms with Gasteiger partial charge in [0.1, 0.15) is 21.7 Å². The van der Waals surface area contributed by atoms with Gasteiger partial charge in [-0.25, -0.2) is 8.42 Å². The molecule has 0 amide bonds. The third kappa shape index (κ3) is 8.68. The summed E-state index contributed by atoms with van der Waals surface area (Å²) in [7, 11) is -2.95. The van der Waals surface area contributed by atoms with Crippen LogP contribution in [0.4, 0.5) is 0 Å². The zero-order valence-electron chi connectivity index (χ0n) is 16.6. The maximum Gasteiger partial charge on any atom is 0.191 e. The topological polar surface area (TPSA) is 79.8 Å². The SMILES string of the molecule is CCNC(=NCC(C)(C)CCS(C)(=O)=O)NCC1Cc2ccccc2O1.I. The molecule has 1 unspecified atom stereocenters. The van der Waals surface area contributed by atoms with Crippen LogP contribution < -0.4 is 15.4 Å². The van der Waals surface area contributed by atoms with Gasteiger partial charge in [0.15, 0.2) is 5.96 Å². The van der Waals surface area contributed by atoms with Gasteiger partial charge in [0.25, 0.3) is 0 Å². The van der Waals surface area contributed by atoms with Crippen LogP contribution in [0.2, 0.25) is 0 Å². The monoisotopic (exact) mass is 509 g/mol. The number of para-hydroxylation sites is 1. The lowest BCUT2D eigenvalue weighted by molar-refractivity contribution is 0.234. The summed E-state index contributed by atoms with van der Waals surface area (Å²) in [6.45, 7) is 8.10. The quantitative estimate of drug-likeness (QED) is 0.320. The van der Waals surface area contributed by atoms with E-state index in [9.17, 15) is 8.42 Å². The van der Waals surface area contributed by atoms with Crippen molar-refractivity contribution in [2.75, 3.05) is 31.6 Å². The second-order valence-electron chi connectivity index (χ2n) is 7.67. The zero-order valence-corrected chi connectivity index (χ0v) is 19.8. The highest BCUT2D eigenvalue weighted by Gasteiger charge is 2.23. The summed E-state index contributed by atoms with van der Waals surface area (Å²) >= 11 is 0. The summed E-state index contributed by atoms with van der Waals surface area (Å²) in [6, 6.07) is 8.11. The van der Waals surface area contributed by atoms with E-state index in [0.29, 0.717) is 19.5 Å². The van der Waals surface area contributed by atoms with Crippen LogP contribution in [0, 0.1) is 5.41 Å². The van der Waals surface area contributed by atoms with Crippen molar-refractivity contribution in [1.82, 2.24) is 10.6 Å². The van der Waals surface area contributed by atoms with Crippen LogP contribution in [0.25, 0.3) is 0 Å². The number of hydrogen-bond donors (Lipinski definition) is 2. The number of ether oxygens (including phenoxy) is 1. The number of aliphatic imine (C=N–C) groups is 1. The van der Waals surface area contributed by atoms with Crippen LogP contribution in [0.15, 0.2) is 29.3 Å². The van der Waals surface area contributed by atoms with Gasteiger partial charge in [0.2, 0.25) is 0 Å². The van der Waals surface area contributed by atoms with Crippen LogP contribution in [-0.4, -0.2) is 52.1 Å². The number of guanidine groups is 1. The van der Waals surface area contributed by atoms with Gasteiger partial charge in [-0.2, -0.15) is 0 Å². The van der Waals surface area contributed by atoms with Crippen molar-refractivity contribution in [2.24, 2.45) is 10.4 Å². The van der Waals surface area contributed by atoms with Crippen LogP contribution in [0.5, 0.6) is 5.75 Å². The molecule has 6 nitrogen and oxygen atoms in total. The van der Waals surface area contributed by atoms with E-state index in [1.807, 2.05) is 39.0 Å². The Hall–Kier alpha value is -1.03. The fraction of sp³-hybridized carbons (Fsp3) is 0.632. The first kappa shape index (κ1) is 24.0. The summed E-state index contributed by atoms with van der Waals surface area (Å²) in [5.41, 5.74) is 1.06. The van der Waals surface area contributed by atoms with Gasteiger partial charge < -0.3 is 15.4 Å². The van der Waals surface area contributed by atoms with E-state index in [4.69, 9.17) is 4.74 Å². The second kappa shape index (κ2) is 10.5. The summed E-state index contributed by atoms with van der Waals surface area (Å²) < 4.78 is 28.7. The lowest BCUT2D eigenvalue weighted by Gasteiger charge is -2.23. The first-order valence-corrected chi connectivity index (χ1v) is 11.2. The molecule has 0 radical (unpaired) electrons. The molecule has 1 aliphatic rings. The van der Waals surface area contributed by atoms with Crippen molar-refractivity contribution in [1.29, 1.82) is 0 Å². The molecule has 0 bridgehead atoms. The fourth-order valence-electron chi connectivity index (χ4n) is 2.75. The van der Waals surface area contributed by atoms with E-state index < -0.39 is 9.84 Å². The molecule has 0 aromatic heterocycles. The molecule has 1 aromatic carbocycles. The molecular formula is C19H32IN3O3S. The summed E-state index contributed by atoms with van der Waals surface area (Å²) in [5.74, 6) is 1.89. The largest absolute Gasteiger partial charge is 0.488 e. The molecule has 1 aromatic rings. The molecule has 0 saturated heterocycles. The zero-order chi connectivity index (χ0) is 19.2. The van der Waals surface area contributed by atoms with Gasteiger partial charge in [0, 0.05) is 25.8 Å². The van der Waals surface area contributed by atoms with E-state index in [1.54, 1.807) is 0 Å². The van der Waals surface area contributed by atoms with Crippen molar-refractivity contribution in [2.45, 2.75) is 39.7 Å². The smallest absolute Gasteiger partial charge is 0.191 e. The third-order valence-corrected chi connectivity index (χ3v) is 5.32. The highest BCUT2D eigenvalue weighted by Crippen LogP contribution is 2.27. The van der Waals surface area contributed by atoms with Gasteiger partial charge in [-0.3, -0.25) is 4.99 Å². The van der Waals surface area contributed by atoms with Crippen LogP contribution in [0.3, 0.4) is 0 Å². The normalized spacial score (nSPS) is 16.9. The van der Waals surface area contributed by atoms with Gasteiger partial charge in [-0.1, -0.05) is 32.0 Å². The van der Waals surface area contributed by atoms with E-state index in [-0.39, 0.29) is 41.2 Å². The predicted octanol–water partition coefficient (Wildman–Crippen LogP) is 2.62. The highest BCUT2D eigenvalue weighted by molar-refractivity contribution is 14.0. The van der Waals surface area contributed by atoms with Crippen LogP contribution in [-0.2, 0) is 16.3 Å². The number of fused-ring (bicyclic) bond motifs is 1. The molecule has 2 rings (SSSR count). The summed E-state index contributed by atoms with van der Waals surface area (Å²) in [5, 5.41) is 6.58. The highest BCUT2D eigenvalue weighted by atomic mass is 127. The van der Waals surface area contributed by atoms with Crippen molar-refractivity contribution in [3.05, 3.63) is 29.8 Å². The number of rotatable bonds is 8. The lowest BCUT2D eigenvalue weighted by atomic mass is 9.90. The Morgan fingerprint density at radius 2 is 2.00 bits per heavy atom. The standard InChI is InChI=1S/C19H31N3O3S.HI/c1-5-20-18(22-14-19(2,3)10-11-26(4,23)24)21-13-16-12-15-8-6-7-9-17(15)25-16;/h6-9,16H,5,10-14H2,1-4H3,(H2,20,21,22);1H. The summed E-state index contributed by atoms with van der Waals surface area (Å²) in [6.07, 6.45) is 2.85. The van der Waals surface area contributed by atoms with E-state index in [0.717, 1.165) is 24.7 Å². The Kier molecular flexibility index (Phi) is 9.33. The Morgan fingerprint density at radius 1 is 1.30 bits per heavy atom. The molecule has 0 fully saturated rings. The molecule has 8 heteroatoms. The molecule has 1 atom stereocenters. The maximum absolute atomic E-state index is 11.4. The Morgan fingerprint density at radius 3 is 2.63 bits per heavy atom. The van der Waals surface area contributed by atoms with Crippen molar-refractivity contribution in [3.8, 4) is 5.75 Å². The van der Waals surface area contributed by atoms with Gasteiger partial charge in [-0.15, -0.1) is 24.0 Å². The third-order valence-electron chi connectivity index (χ3n) is 4.37. The van der Waals surface area contributed by atoms with Crippen molar-refractivity contribution < 1.29 is 13.2 Å². The van der Waals surface area contributed by atoms with E-state index in [2.05, 4.69) is 21.7 Å². The minimum atomic E-state index is -2.95. The molecule has 27 heavy (non-hydrogen) atoms. The number of sulfone groups is 1.